The molecule has 1 N–H and O–H groups in total. The van der Waals surface area contributed by atoms with Crippen molar-refractivity contribution in [3.63, 3.8) is 0 Å². The van der Waals surface area contributed by atoms with Gasteiger partial charge in [0.05, 0.1) is 19.1 Å². The lowest BCUT2D eigenvalue weighted by atomic mass is 10.3. The molecular weight excluding hydrogens is 382 g/mol. The van der Waals surface area contributed by atoms with Crippen LogP contribution in [-0.4, -0.2) is 34.6 Å². The zero-order chi connectivity index (χ0) is 19.3. The molecule has 26 heavy (non-hydrogen) atoms. The van der Waals surface area contributed by atoms with Crippen LogP contribution >= 0.6 is 11.6 Å². The first-order chi connectivity index (χ1) is 12.3. The summed E-state index contributed by atoms with van der Waals surface area (Å²) >= 11 is 5.78. The Morgan fingerprint density at radius 3 is 2.23 bits per heavy atom. The summed E-state index contributed by atoms with van der Waals surface area (Å²) in [7, 11) is -1.28. The third-order valence-corrected chi connectivity index (χ3v) is 4.99. The molecule has 0 radical (unpaired) electrons. The van der Waals surface area contributed by atoms with E-state index in [1.807, 2.05) is 4.72 Å². The molecule has 0 saturated carbocycles. The highest BCUT2D eigenvalue weighted by atomic mass is 35.5. The molecule has 0 aliphatic carbocycles. The zero-order valence-electron chi connectivity index (χ0n) is 14.4. The average Bonchev–Trinajstić information content (AvgIpc) is 2.62. The van der Waals surface area contributed by atoms with Gasteiger partial charge in [-0.1, -0.05) is 11.6 Å². The zero-order valence-corrected chi connectivity index (χ0v) is 15.9. The smallest absolute Gasteiger partial charge is 0.274 e. The molecule has 1 amide bonds. The summed E-state index contributed by atoms with van der Waals surface area (Å²) in [6, 6.07) is 10.4. The van der Waals surface area contributed by atoms with E-state index in [0.717, 1.165) is 0 Å². The fourth-order valence-corrected chi connectivity index (χ4v) is 3.21. The van der Waals surface area contributed by atoms with Crippen molar-refractivity contribution in [2.75, 3.05) is 14.2 Å². The van der Waals surface area contributed by atoms with Gasteiger partial charge in [0.1, 0.15) is 5.75 Å². The molecule has 2 rings (SSSR count). The van der Waals surface area contributed by atoms with Crippen molar-refractivity contribution in [1.82, 2.24) is 4.72 Å². The van der Waals surface area contributed by atoms with Gasteiger partial charge in [0.2, 0.25) is 0 Å². The number of carbonyl (C=O) groups is 1. The first kappa shape index (κ1) is 19.9. The minimum absolute atomic E-state index is 0.137. The topological polar surface area (TPSA) is 90.9 Å². The van der Waals surface area contributed by atoms with Gasteiger partial charge in [-0.25, -0.2) is 13.1 Å². The lowest BCUT2D eigenvalue weighted by Crippen LogP contribution is -2.39. The van der Waals surface area contributed by atoms with Crippen LogP contribution in [-0.2, 0) is 14.8 Å². The number of amides is 1. The van der Waals surface area contributed by atoms with E-state index in [0.29, 0.717) is 16.5 Å². The van der Waals surface area contributed by atoms with Gasteiger partial charge >= 0.3 is 0 Å². The third kappa shape index (κ3) is 4.80. The highest BCUT2D eigenvalue weighted by Crippen LogP contribution is 2.29. The number of benzene rings is 2. The maximum absolute atomic E-state index is 12.4. The van der Waals surface area contributed by atoms with Crippen molar-refractivity contribution in [2.24, 2.45) is 0 Å². The van der Waals surface area contributed by atoms with Gasteiger partial charge in [-0.2, -0.15) is 0 Å². The average molecular weight is 400 g/mol. The van der Waals surface area contributed by atoms with Gasteiger partial charge in [-0.15, -0.1) is 0 Å². The number of hydrogen-bond donors (Lipinski definition) is 1. The molecule has 7 nitrogen and oxygen atoms in total. The first-order valence-electron chi connectivity index (χ1n) is 7.47. The van der Waals surface area contributed by atoms with Crippen LogP contribution in [0.1, 0.15) is 6.92 Å². The van der Waals surface area contributed by atoms with Crippen LogP contribution in [0.15, 0.2) is 47.4 Å². The minimum atomic E-state index is -4.10. The van der Waals surface area contributed by atoms with Crippen molar-refractivity contribution >= 4 is 27.5 Å². The number of carbonyl (C=O) groups excluding carboxylic acids is 1. The number of rotatable bonds is 7. The van der Waals surface area contributed by atoms with Crippen molar-refractivity contribution < 1.29 is 27.4 Å². The van der Waals surface area contributed by atoms with Crippen molar-refractivity contribution in [2.45, 2.75) is 17.9 Å². The Morgan fingerprint density at radius 2 is 1.65 bits per heavy atom. The molecular formula is C17H18ClNO6S. The highest BCUT2D eigenvalue weighted by molar-refractivity contribution is 7.90. The first-order valence-corrected chi connectivity index (χ1v) is 9.34. The maximum atomic E-state index is 12.4. The molecule has 1 atom stereocenters. The summed E-state index contributed by atoms with van der Waals surface area (Å²) in [5.41, 5.74) is 0. The van der Waals surface area contributed by atoms with Crippen molar-refractivity contribution in [3.8, 4) is 17.2 Å². The molecule has 0 fully saturated rings. The van der Waals surface area contributed by atoms with E-state index in [-0.39, 0.29) is 10.6 Å². The highest BCUT2D eigenvalue weighted by Gasteiger charge is 2.24. The van der Waals surface area contributed by atoms with Crippen LogP contribution in [0.4, 0.5) is 0 Å². The van der Waals surface area contributed by atoms with E-state index in [1.54, 1.807) is 24.3 Å². The van der Waals surface area contributed by atoms with Gasteiger partial charge in [-0.3, -0.25) is 4.79 Å². The summed E-state index contributed by atoms with van der Waals surface area (Å²) in [4.78, 5) is 12.0. The second-order valence-corrected chi connectivity index (χ2v) is 7.32. The Morgan fingerprint density at radius 1 is 1.04 bits per heavy atom. The molecule has 0 heterocycles. The van der Waals surface area contributed by atoms with Gasteiger partial charge in [0.25, 0.3) is 15.9 Å². The molecule has 2 aromatic rings. The number of ether oxygens (including phenoxy) is 3. The van der Waals surface area contributed by atoms with Crippen LogP contribution in [0.25, 0.3) is 0 Å². The molecule has 140 valence electrons. The van der Waals surface area contributed by atoms with Gasteiger partial charge in [0, 0.05) is 11.1 Å². The largest absolute Gasteiger partial charge is 0.493 e. The van der Waals surface area contributed by atoms with E-state index in [9.17, 15) is 13.2 Å². The quantitative estimate of drug-likeness (QED) is 0.769. The minimum Gasteiger partial charge on any atom is -0.493 e. The van der Waals surface area contributed by atoms with Crippen molar-refractivity contribution in [3.05, 3.63) is 47.5 Å². The Labute approximate surface area is 156 Å². The number of hydrogen-bond acceptors (Lipinski definition) is 6. The van der Waals surface area contributed by atoms with E-state index >= 15 is 0 Å². The summed E-state index contributed by atoms with van der Waals surface area (Å²) in [5, 5.41) is 0.519. The van der Waals surface area contributed by atoms with Crippen LogP contribution in [0.2, 0.25) is 5.02 Å². The van der Waals surface area contributed by atoms with E-state index in [1.165, 1.54) is 39.3 Å². The molecule has 0 bridgehead atoms. The van der Waals surface area contributed by atoms with Crippen molar-refractivity contribution in [1.29, 1.82) is 0 Å². The molecule has 2 aromatic carbocycles. The van der Waals surface area contributed by atoms with Gasteiger partial charge in [-0.05, 0) is 43.3 Å². The Bertz CT molecular complexity index is 883. The molecule has 0 spiro atoms. The number of sulfonamides is 1. The van der Waals surface area contributed by atoms with E-state index < -0.39 is 22.0 Å². The van der Waals surface area contributed by atoms with Gasteiger partial charge in [0.15, 0.2) is 17.6 Å². The molecule has 0 aliphatic rings. The molecule has 0 saturated heterocycles. The van der Waals surface area contributed by atoms with E-state index in [2.05, 4.69) is 0 Å². The van der Waals surface area contributed by atoms with Gasteiger partial charge < -0.3 is 14.2 Å². The predicted molar refractivity (Wildman–Crippen MR) is 96.4 cm³/mol. The number of halogens is 1. The second kappa shape index (κ2) is 8.29. The molecule has 9 heteroatoms. The number of methoxy groups -OCH3 is 2. The Hall–Kier alpha value is -2.45. The summed E-state index contributed by atoms with van der Waals surface area (Å²) < 4.78 is 42.4. The Balaban J connectivity index is 2.12. The molecule has 0 unspecified atom stereocenters. The monoisotopic (exact) mass is 399 g/mol. The summed E-state index contributed by atoms with van der Waals surface area (Å²) in [6.07, 6.45) is -1.04. The summed E-state index contributed by atoms with van der Waals surface area (Å²) in [5.74, 6) is 0.181. The van der Waals surface area contributed by atoms with Crippen LogP contribution in [0, 0.1) is 0 Å². The fraction of sp³-hybridized carbons (Fsp3) is 0.235. The maximum Gasteiger partial charge on any atom is 0.274 e. The lowest BCUT2D eigenvalue weighted by molar-refractivity contribution is -0.125. The predicted octanol–water partition coefficient (Wildman–Crippen LogP) is 2.63. The summed E-state index contributed by atoms with van der Waals surface area (Å²) in [6.45, 7) is 1.44. The normalized spacial score (nSPS) is 12.2. The van der Waals surface area contributed by atoms with E-state index in [4.69, 9.17) is 25.8 Å². The lowest BCUT2D eigenvalue weighted by Gasteiger charge is -2.15. The van der Waals surface area contributed by atoms with Crippen LogP contribution in [0.3, 0.4) is 0 Å². The molecule has 0 aromatic heterocycles. The standard InChI is InChI=1S/C17H18ClNO6S/c1-11(25-13-6-4-12(18)5-7-13)17(20)19-26(21,22)14-8-9-15(23-2)16(10-14)24-3/h4-11H,1-3H3,(H,19,20)/t11-/m0/s1. The second-order valence-electron chi connectivity index (χ2n) is 5.20. The fourth-order valence-electron chi connectivity index (χ4n) is 2.03. The third-order valence-electron chi connectivity index (χ3n) is 3.40. The van der Waals surface area contributed by atoms with Crippen LogP contribution in [0.5, 0.6) is 17.2 Å². The molecule has 0 aliphatic heterocycles. The SMILES string of the molecule is COc1ccc(S(=O)(=O)NC(=O)[C@H](C)Oc2ccc(Cl)cc2)cc1OC. The number of nitrogens with one attached hydrogen (secondary N) is 1. The Kier molecular flexibility index (Phi) is 6.33. The van der Waals surface area contributed by atoms with Crippen LogP contribution < -0.4 is 18.9 Å².